The summed E-state index contributed by atoms with van der Waals surface area (Å²) in [6.07, 6.45) is 4.40. The summed E-state index contributed by atoms with van der Waals surface area (Å²) in [5.74, 6) is 0.769. The molecule has 0 aromatic carbocycles. The van der Waals surface area contributed by atoms with E-state index in [4.69, 9.17) is 5.73 Å². The van der Waals surface area contributed by atoms with Crippen molar-refractivity contribution in [3.8, 4) is 0 Å². The van der Waals surface area contributed by atoms with E-state index in [1.165, 1.54) is 0 Å². The zero-order valence-electron chi connectivity index (χ0n) is 10.3. The van der Waals surface area contributed by atoms with Crippen LogP contribution < -0.4 is 16.4 Å². The zero-order valence-corrected chi connectivity index (χ0v) is 10.3. The summed E-state index contributed by atoms with van der Waals surface area (Å²) >= 11 is 0. The van der Waals surface area contributed by atoms with E-state index in [9.17, 15) is 4.79 Å². The van der Waals surface area contributed by atoms with Gasteiger partial charge in [-0.15, -0.1) is 0 Å². The minimum atomic E-state index is 0.163. The van der Waals surface area contributed by atoms with Crippen molar-refractivity contribution in [2.75, 3.05) is 26.2 Å². The van der Waals surface area contributed by atoms with E-state index >= 15 is 0 Å². The van der Waals surface area contributed by atoms with Gasteiger partial charge in [0.05, 0.1) is 0 Å². The number of carbonyl (C=O) groups is 1. The lowest BCUT2D eigenvalue weighted by Crippen LogP contribution is -2.38. The molecule has 0 aliphatic heterocycles. The molecular weight excluding hydrogens is 202 g/mol. The lowest BCUT2D eigenvalue weighted by atomic mass is 9.95. The van der Waals surface area contributed by atoms with Gasteiger partial charge >= 0.3 is 0 Å². The number of hydrogen-bond donors (Lipinski definition) is 3. The van der Waals surface area contributed by atoms with Gasteiger partial charge in [-0.05, 0) is 38.3 Å². The molecule has 0 heterocycles. The van der Waals surface area contributed by atoms with Gasteiger partial charge in [0.2, 0.25) is 5.91 Å². The highest BCUT2D eigenvalue weighted by atomic mass is 16.1. The predicted octanol–water partition coefficient (Wildman–Crippen LogP) is 0.477. The molecule has 0 aromatic rings. The van der Waals surface area contributed by atoms with Gasteiger partial charge in [0.15, 0.2) is 0 Å². The second-order valence-corrected chi connectivity index (χ2v) is 4.57. The third-order valence-electron chi connectivity index (χ3n) is 3.33. The fourth-order valence-corrected chi connectivity index (χ4v) is 2.37. The summed E-state index contributed by atoms with van der Waals surface area (Å²) in [4.78, 5) is 11.9. The van der Waals surface area contributed by atoms with Gasteiger partial charge in [-0.25, -0.2) is 0 Å². The van der Waals surface area contributed by atoms with Crippen molar-refractivity contribution in [2.45, 2.75) is 32.6 Å². The first-order valence-electron chi connectivity index (χ1n) is 6.48. The van der Waals surface area contributed by atoms with Gasteiger partial charge in [0.1, 0.15) is 0 Å². The van der Waals surface area contributed by atoms with Crippen molar-refractivity contribution < 1.29 is 4.79 Å². The Balaban J connectivity index is 2.14. The summed E-state index contributed by atoms with van der Waals surface area (Å²) in [5.41, 5.74) is 5.66. The highest BCUT2D eigenvalue weighted by Crippen LogP contribution is 2.30. The van der Waals surface area contributed by atoms with E-state index in [0.717, 1.165) is 45.3 Å². The predicted molar refractivity (Wildman–Crippen MR) is 66.1 cm³/mol. The first kappa shape index (κ1) is 13.5. The fraction of sp³-hybridized carbons (Fsp3) is 0.917. The first-order valence-corrected chi connectivity index (χ1v) is 6.48. The molecule has 0 spiro atoms. The molecule has 1 aliphatic carbocycles. The lowest BCUT2D eigenvalue weighted by Gasteiger charge is -2.17. The van der Waals surface area contributed by atoms with Crippen molar-refractivity contribution in [2.24, 2.45) is 17.6 Å². The molecule has 0 bridgehead atoms. The summed E-state index contributed by atoms with van der Waals surface area (Å²) in [7, 11) is 0. The number of carbonyl (C=O) groups excluding carboxylic acids is 1. The smallest absolute Gasteiger partial charge is 0.223 e. The quantitative estimate of drug-likeness (QED) is 0.554. The maximum absolute atomic E-state index is 11.9. The molecule has 1 amide bonds. The normalized spacial score (nSPS) is 24.6. The van der Waals surface area contributed by atoms with E-state index in [1.54, 1.807) is 0 Å². The second kappa shape index (κ2) is 7.63. The summed E-state index contributed by atoms with van der Waals surface area (Å²) in [6, 6.07) is 0. The highest BCUT2D eigenvalue weighted by Gasteiger charge is 2.31. The Morgan fingerprint density at radius 2 is 2.12 bits per heavy atom. The van der Waals surface area contributed by atoms with Crippen molar-refractivity contribution in [1.82, 2.24) is 10.6 Å². The minimum Gasteiger partial charge on any atom is -0.355 e. The van der Waals surface area contributed by atoms with Crippen LogP contribution in [0.5, 0.6) is 0 Å². The third kappa shape index (κ3) is 4.10. The van der Waals surface area contributed by atoms with Crippen LogP contribution in [0, 0.1) is 11.8 Å². The van der Waals surface area contributed by atoms with Crippen molar-refractivity contribution in [1.29, 1.82) is 0 Å². The zero-order chi connectivity index (χ0) is 11.8. The van der Waals surface area contributed by atoms with Crippen LogP contribution in [-0.2, 0) is 4.79 Å². The van der Waals surface area contributed by atoms with Crippen molar-refractivity contribution in [3.63, 3.8) is 0 Å². The molecule has 1 aliphatic rings. The first-order chi connectivity index (χ1) is 7.79. The maximum atomic E-state index is 11.9. The van der Waals surface area contributed by atoms with Crippen LogP contribution >= 0.6 is 0 Å². The van der Waals surface area contributed by atoms with Gasteiger partial charge in [-0.1, -0.05) is 13.3 Å². The van der Waals surface area contributed by atoms with Crippen LogP contribution in [0.2, 0.25) is 0 Å². The summed E-state index contributed by atoms with van der Waals surface area (Å²) in [5, 5.41) is 6.26. The molecule has 16 heavy (non-hydrogen) atoms. The molecular formula is C12H25N3O. The number of nitrogens with two attached hydrogens (primary N) is 1. The van der Waals surface area contributed by atoms with E-state index in [1.807, 2.05) is 0 Å². The maximum Gasteiger partial charge on any atom is 0.223 e. The molecule has 0 aromatic heterocycles. The van der Waals surface area contributed by atoms with E-state index in [2.05, 4.69) is 17.6 Å². The molecule has 1 fully saturated rings. The van der Waals surface area contributed by atoms with E-state index in [-0.39, 0.29) is 11.8 Å². The van der Waals surface area contributed by atoms with Gasteiger partial charge in [-0.3, -0.25) is 4.79 Å². The molecule has 0 unspecified atom stereocenters. The molecule has 0 radical (unpaired) electrons. The molecule has 2 atom stereocenters. The van der Waals surface area contributed by atoms with Crippen LogP contribution in [0.15, 0.2) is 0 Å². The number of nitrogens with one attached hydrogen (secondary N) is 2. The standard InChI is InChI=1S/C12H25N3O/c1-2-6-14-7-8-15-12(16)11-5-3-4-10(11)9-13/h10-11,14H,2-9,13H2,1H3,(H,15,16)/t10-,11-/m1/s1. The Labute approximate surface area is 98.3 Å². The Bertz CT molecular complexity index is 208. The van der Waals surface area contributed by atoms with Gasteiger partial charge in [-0.2, -0.15) is 0 Å². The van der Waals surface area contributed by atoms with Crippen molar-refractivity contribution in [3.05, 3.63) is 0 Å². The molecule has 1 rings (SSSR count). The average molecular weight is 227 g/mol. The van der Waals surface area contributed by atoms with Crippen LogP contribution in [0.25, 0.3) is 0 Å². The van der Waals surface area contributed by atoms with Gasteiger partial charge in [0, 0.05) is 19.0 Å². The Morgan fingerprint density at radius 3 is 2.81 bits per heavy atom. The molecule has 4 nitrogen and oxygen atoms in total. The second-order valence-electron chi connectivity index (χ2n) is 4.57. The lowest BCUT2D eigenvalue weighted by molar-refractivity contribution is -0.125. The summed E-state index contributed by atoms with van der Waals surface area (Å²) < 4.78 is 0. The third-order valence-corrected chi connectivity index (χ3v) is 3.33. The largest absolute Gasteiger partial charge is 0.355 e. The monoisotopic (exact) mass is 227 g/mol. The topological polar surface area (TPSA) is 67.1 Å². The van der Waals surface area contributed by atoms with Crippen LogP contribution in [0.4, 0.5) is 0 Å². The molecule has 1 saturated carbocycles. The molecule has 0 saturated heterocycles. The van der Waals surface area contributed by atoms with Crippen LogP contribution in [0.1, 0.15) is 32.6 Å². The van der Waals surface area contributed by atoms with Gasteiger partial charge in [0.25, 0.3) is 0 Å². The average Bonchev–Trinajstić information content (AvgIpc) is 2.76. The Kier molecular flexibility index (Phi) is 6.42. The van der Waals surface area contributed by atoms with E-state index < -0.39 is 0 Å². The number of amides is 1. The number of rotatable bonds is 7. The Hall–Kier alpha value is -0.610. The minimum absolute atomic E-state index is 0.163. The molecule has 4 N–H and O–H groups in total. The van der Waals surface area contributed by atoms with Gasteiger partial charge < -0.3 is 16.4 Å². The Morgan fingerprint density at radius 1 is 1.31 bits per heavy atom. The molecule has 4 heteroatoms. The number of hydrogen-bond acceptors (Lipinski definition) is 3. The molecule has 94 valence electrons. The van der Waals surface area contributed by atoms with Crippen molar-refractivity contribution >= 4 is 5.91 Å². The SMILES string of the molecule is CCCNCCNC(=O)[C@@H]1CCC[C@@H]1CN. The van der Waals surface area contributed by atoms with Crippen LogP contribution in [-0.4, -0.2) is 32.1 Å². The summed E-state index contributed by atoms with van der Waals surface area (Å²) in [6.45, 7) is 5.39. The highest BCUT2D eigenvalue weighted by molar-refractivity contribution is 5.79. The fourth-order valence-electron chi connectivity index (χ4n) is 2.37. The van der Waals surface area contributed by atoms with E-state index in [0.29, 0.717) is 12.5 Å². The van der Waals surface area contributed by atoms with Crippen LogP contribution in [0.3, 0.4) is 0 Å².